The molecule has 1 aromatic heterocycles. The molecule has 0 amide bonds. The number of benzene rings is 2. The first-order valence-corrected chi connectivity index (χ1v) is 15.2. The molecular formula is C29H35N3O4S. The van der Waals surface area contributed by atoms with Crippen molar-refractivity contribution in [2.75, 3.05) is 0 Å². The van der Waals surface area contributed by atoms with Crippen LogP contribution in [0.4, 0.5) is 0 Å². The maximum atomic E-state index is 13.5. The molecule has 0 saturated heterocycles. The maximum Gasteiger partial charge on any atom is 0.297 e. The van der Waals surface area contributed by atoms with Crippen molar-refractivity contribution in [2.24, 2.45) is 29.1 Å². The summed E-state index contributed by atoms with van der Waals surface area (Å²) in [6.07, 6.45) is 6.19. The summed E-state index contributed by atoms with van der Waals surface area (Å²) >= 11 is 0. The normalized spacial score (nSPS) is 37.0. The SMILES string of the molecule is Cc1ccc(S(=O)(=O)OC2CC3C(CCC4(C)C(O)C5CCC(CC5)C34)c3ccc4n[nH]nc4c32)cc1. The molecule has 0 aliphatic heterocycles. The van der Waals surface area contributed by atoms with Gasteiger partial charge in [0.1, 0.15) is 17.1 Å². The number of H-pyrrole nitrogens is 1. The smallest absolute Gasteiger partial charge is 0.297 e. The van der Waals surface area contributed by atoms with Crippen molar-refractivity contribution in [3.8, 4) is 0 Å². The van der Waals surface area contributed by atoms with Gasteiger partial charge in [-0.05, 0) is 111 Å². The van der Waals surface area contributed by atoms with Gasteiger partial charge in [0.25, 0.3) is 10.1 Å². The number of nitrogens with one attached hydrogen (secondary N) is 1. The number of rotatable bonds is 3. The van der Waals surface area contributed by atoms with Crippen LogP contribution in [0, 0.1) is 36.0 Å². The average molecular weight is 522 g/mol. The summed E-state index contributed by atoms with van der Waals surface area (Å²) in [6, 6.07) is 10.9. The Bertz CT molecular complexity index is 1440. The summed E-state index contributed by atoms with van der Waals surface area (Å²) in [7, 11) is -3.99. The monoisotopic (exact) mass is 521 g/mol. The first-order chi connectivity index (χ1) is 17.8. The van der Waals surface area contributed by atoms with Gasteiger partial charge in [0, 0.05) is 5.56 Å². The minimum Gasteiger partial charge on any atom is -0.392 e. The highest BCUT2D eigenvalue weighted by Gasteiger charge is 2.59. The highest BCUT2D eigenvalue weighted by Crippen LogP contribution is 2.65. The number of aromatic amines is 1. The van der Waals surface area contributed by atoms with Crippen molar-refractivity contribution in [1.82, 2.24) is 15.4 Å². The van der Waals surface area contributed by atoms with Gasteiger partial charge in [0.2, 0.25) is 0 Å². The lowest BCUT2D eigenvalue weighted by Crippen LogP contribution is -2.51. The topological polar surface area (TPSA) is 105 Å². The van der Waals surface area contributed by atoms with E-state index >= 15 is 0 Å². The molecule has 1 heterocycles. The third-order valence-corrected chi connectivity index (χ3v) is 11.8. The van der Waals surface area contributed by atoms with Crippen LogP contribution in [0.3, 0.4) is 0 Å². The molecule has 196 valence electrons. The molecule has 7 nitrogen and oxygen atoms in total. The van der Waals surface area contributed by atoms with Crippen molar-refractivity contribution in [2.45, 2.75) is 81.8 Å². The third-order valence-electron chi connectivity index (χ3n) is 10.5. The fraction of sp³-hybridized carbons (Fsp3) is 0.586. The summed E-state index contributed by atoms with van der Waals surface area (Å²) in [5, 5.41) is 23.1. The van der Waals surface area contributed by atoms with Crippen LogP contribution in [0.15, 0.2) is 41.3 Å². The largest absolute Gasteiger partial charge is 0.392 e. The zero-order chi connectivity index (χ0) is 25.5. The number of aliphatic hydroxyl groups excluding tert-OH is 1. The van der Waals surface area contributed by atoms with Gasteiger partial charge in [0.05, 0.1) is 11.0 Å². The number of aryl methyl sites for hydroxylation is 1. The van der Waals surface area contributed by atoms with Crippen LogP contribution in [0.2, 0.25) is 0 Å². The van der Waals surface area contributed by atoms with Crippen molar-refractivity contribution in [3.05, 3.63) is 53.1 Å². The minimum absolute atomic E-state index is 0.140. The summed E-state index contributed by atoms with van der Waals surface area (Å²) in [5.74, 6) is 1.87. The summed E-state index contributed by atoms with van der Waals surface area (Å²) in [6.45, 7) is 4.25. The fourth-order valence-electron chi connectivity index (χ4n) is 8.85. The quantitative estimate of drug-likeness (QED) is 0.446. The van der Waals surface area contributed by atoms with Crippen LogP contribution in [0.1, 0.15) is 80.6 Å². The Kier molecular flexibility index (Phi) is 5.37. The van der Waals surface area contributed by atoms with E-state index in [0.717, 1.165) is 60.7 Å². The van der Waals surface area contributed by atoms with Gasteiger partial charge < -0.3 is 5.11 Å². The molecular weight excluding hydrogens is 486 g/mol. The molecule has 8 heteroatoms. The summed E-state index contributed by atoms with van der Waals surface area (Å²) < 4.78 is 33.2. The van der Waals surface area contributed by atoms with Crippen LogP contribution >= 0.6 is 0 Å². The Labute approximate surface area is 218 Å². The first-order valence-electron chi connectivity index (χ1n) is 13.8. The Morgan fingerprint density at radius 1 is 1.00 bits per heavy atom. The lowest BCUT2D eigenvalue weighted by atomic mass is 9.50. The van der Waals surface area contributed by atoms with Crippen molar-refractivity contribution < 1.29 is 17.7 Å². The van der Waals surface area contributed by atoms with E-state index in [2.05, 4.69) is 28.4 Å². The fourth-order valence-corrected chi connectivity index (χ4v) is 9.91. The second kappa shape index (κ2) is 8.35. The third kappa shape index (κ3) is 3.55. The molecule has 6 atom stereocenters. The van der Waals surface area contributed by atoms with Gasteiger partial charge in [-0.1, -0.05) is 30.7 Å². The Morgan fingerprint density at radius 2 is 1.73 bits per heavy atom. The van der Waals surface area contributed by atoms with E-state index < -0.39 is 16.2 Å². The average Bonchev–Trinajstić information content (AvgIpc) is 3.30. The predicted octanol–water partition coefficient (Wildman–Crippen LogP) is 5.41. The standard InChI is InChI=1S/C29H35N3O4S/c1-16-3-9-19(10-4-16)37(34,35)36-24-15-22-20(21-11-12-23-27(25(21)24)31-32-30-23)13-14-29(2)26(22)17-5-7-18(8-6-17)28(29)33/h3-4,9-12,17-18,20,22,24,26,28,33H,5-8,13-15H2,1-2H3,(H,30,31,32). The molecule has 3 aromatic rings. The second-order valence-electron chi connectivity index (χ2n) is 12.3. The van der Waals surface area contributed by atoms with Gasteiger partial charge in [-0.25, -0.2) is 0 Å². The second-order valence-corrected chi connectivity index (χ2v) is 13.9. The molecule has 2 aromatic carbocycles. The zero-order valence-electron chi connectivity index (χ0n) is 21.4. The number of aromatic nitrogens is 3. The summed E-state index contributed by atoms with van der Waals surface area (Å²) in [4.78, 5) is 0.172. The van der Waals surface area contributed by atoms with Crippen molar-refractivity contribution >= 4 is 21.2 Å². The van der Waals surface area contributed by atoms with E-state index in [1.807, 2.05) is 13.0 Å². The molecule has 8 rings (SSSR count). The predicted molar refractivity (Wildman–Crippen MR) is 139 cm³/mol. The Balaban J connectivity index is 1.35. The van der Waals surface area contributed by atoms with E-state index in [4.69, 9.17) is 4.18 Å². The molecule has 37 heavy (non-hydrogen) atoms. The van der Waals surface area contributed by atoms with Crippen molar-refractivity contribution in [1.29, 1.82) is 0 Å². The van der Waals surface area contributed by atoms with Gasteiger partial charge in [-0.15, -0.1) is 0 Å². The Morgan fingerprint density at radius 3 is 2.49 bits per heavy atom. The highest BCUT2D eigenvalue weighted by molar-refractivity contribution is 7.86. The van der Waals surface area contributed by atoms with E-state index in [-0.39, 0.29) is 22.3 Å². The molecule has 5 aliphatic carbocycles. The van der Waals surface area contributed by atoms with Crippen LogP contribution < -0.4 is 0 Å². The lowest BCUT2D eigenvalue weighted by molar-refractivity contribution is -0.0935. The molecule has 6 unspecified atom stereocenters. The van der Waals surface area contributed by atoms with Crippen molar-refractivity contribution in [3.63, 3.8) is 0 Å². The highest BCUT2D eigenvalue weighted by atomic mass is 32.2. The minimum atomic E-state index is -3.99. The van der Waals surface area contributed by atoms with Gasteiger partial charge in [0.15, 0.2) is 0 Å². The molecule has 0 radical (unpaired) electrons. The van der Waals surface area contributed by atoms with E-state index in [1.165, 1.54) is 0 Å². The van der Waals surface area contributed by atoms with Gasteiger partial charge in [-0.2, -0.15) is 23.8 Å². The summed E-state index contributed by atoms with van der Waals surface area (Å²) in [5.41, 5.74) is 4.30. The molecule has 2 N–H and O–H groups in total. The Hall–Kier alpha value is -2.29. The first kappa shape index (κ1) is 23.8. The molecule has 0 spiro atoms. The maximum absolute atomic E-state index is 13.5. The molecule has 4 fully saturated rings. The van der Waals surface area contributed by atoms with E-state index in [1.54, 1.807) is 24.3 Å². The van der Waals surface area contributed by atoms with Gasteiger partial charge in [-0.3, -0.25) is 4.18 Å². The van der Waals surface area contributed by atoms with Crippen LogP contribution in [0.25, 0.3) is 11.0 Å². The lowest BCUT2D eigenvalue weighted by Gasteiger charge is -2.55. The molecule has 4 saturated carbocycles. The number of nitrogens with zero attached hydrogens (tertiary/aromatic N) is 2. The molecule has 2 bridgehead atoms. The van der Waals surface area contributed by atoms with Crippen LogP contribution in [-0.4, -0.2) is 35.0 Å². The number of hydrogen-bond acceptors (Lipinski definition) is 6. The van der Waals surface area contributed by atoms with Gasteiger partial charge >= 0.3 is 0 Å². The van der Waals surface area contributed by atoms with E-state index in [9.17, 15) is 13.5 Å². The molecule has 5 aliphatic rings. The van der Waals surface area contributed by atoms with Crippen LogP contribution in [-0.2, 0) is 14.3 Å². The number of hydrogen-bond donors (Lipinski definition) is 2. The number of fused-ring (bicyclic) bond motifs is 7. The van der Waals surface area contributed by atoms with E-state index in [0.29, 0.717) is 35.6 Å². The number of aliphatic hydroxyl groups is 1. The van der Waals surface area contributed by atoms with Crippen LogP contribution in [0.5, 0.6) is 0 Å². The zero-order valence-corrected chi connectivity index (χ0v) is 22.2.